The minimum atomic E-state index is 0.0973. The van der Waals surface area contributed by atoms with Crippen LogP contribution in [0.3, 0.4) is 0 Å². The minimum Gasteiger partial charge on any atom is -0.288 e. The van der Waals surface area contributed by atoms with Gasteiger partial charge in [0.15, 0.2) is 0 Å². The molecule has 1 aromatic heterocycles. The van der Waals surface area contributed by atoms with E-state index in [1.807, 2.05) is 30.3 Å². The standard InChI is InChI=1S/C13H10BrIOS/c1-2-9-4-6-12(17-9)13(16)10-7-8(15)3-5-11(10)14/h3-7H,2H2,1H3. The summed E-state index contributed by atoms with van der Waals surface area (Å²) in [5.41, 5.74) is 0.737. The van der Waals surface area contributed by atoms with Gasteiger partial charge >= 0.3 is 0 Å². The molecule has 1 aromatic carbocycles. The molecule has 0 aliphatic carbocycles. The summed E-state index contributed by atoms with van der Waals surface area (Å²) in [6, 6.07) is 9.76. The van der Waals surface area contributed by atoms with Crippen molar-refractivity contribution in [3.63, 3.8) is 0 Å². The molecule has 0 unspecified atom stereocenters. The fourth-order valence-electron chi connectivity index (χ4n) is 1.49. The van der Waals surface area contributed by atoms with Crippen molar-refractivity contribution < 1.29 is 4.79 Å². The number of rotatable bonds is 3. The third-order valence-corrected chi connectivity index (χ3v) is 5.00. The molecule has 17 heavy (non-hydrogen) atoms. The highest BCUT2D eigenvalue weighted by Crippen LogP contribution is 2.26. The molecule has 0 radical (unpaired) electrons. The van der Waals surface area contributed by atoms with E-state index in [2.05, 4.69) is 45.4 Å². The van der Waals surface area contributed by atoms with Crippen LogP contribution in [0.5, 0.6) is 0 Å². The largest absolute Gasteiger partial charge is 0.288 e. The van der Waals surface area contributed by atoms with Crippen LogP contribution in [0.15, 0.2) is 34.8 Å². The van der Waals surface area contributed by atoms with E-state index in [4.69, 9.17) is 0 Å². The Labute approximate surface area is 127 Å². The SMILES string of the molecule is CCc1ccc(C(=O)c2cc(I)ccc2Br)s1. The topological polar surface area (TPSA) is 17.1 Å². The zero-order valence-electron chi connectivity index (χ0n) is 9.17. The average Bonchev–Trinajstić information content (AvgIpc) is 2.80. The summed E-state index contributed by atoms with van der Waals surface area (Å²) in [6.07, 6.45) is 0.978. The molecule has 0 spiro atoms. The van der Waals surface area contributed by atoms with E-state index in [9.17, 15) is 4.79 Å². The van der Waals surface area contributed by atoms with Gasteiger partial charge in [-0.2, -0.15) is 0 Å². The smallest absolute Gasteiger partial charge is 0.204 e. The number of hydrogen-bond donors (Lipinski definition) is 0. The third-order valence-electron chi connectivity index (χ3n) is 2.41. The lowest BCUT2D eigenvalue weighted by molar-refractivity contribution is 0.104. The van der Waals surface area contributed by atoms with Crippen molar-refractivity contribution in [3.05, 3.63) is 53.7 Å². The van der Waals surface area contributed by atoms with Crippen molar-refractivity contribution in [1.29, 1.82) is 0 Å². The lowest BCUT2D eigenvalue weighted by Gasteiger charge is -2.02. The Morgan fingerprint density at radius 3 is 2.76 bits per heavy atom. The number of carbonyl (C=O) groups is 1. The average molecular weight is 421 g/mol. The maximum absolute atomic E-state index is 12.3. The second kappa shape index (κ2) is 5.63. The Balaban J connectivity index is 2.39. The number of halogens is 2. The summed E-state index contributed by atoms with van der Waals surface area (Å²) in [5.74, 6) is 0.0973. The summed E-state index contributed by atoms with van der Waals surface area (Å²) in [7, 11) is 0. The molecule has 0 aliphatic heterocycles. The van der Waals surface area contributed by atoms with Crippen molar-refractivity contribution in [1.82, 2.24) is 0 Å². The van der Waals surface area contributed by atoms with Gasteiger partial charge in [-0.1, -0.05) is 22.9 Å². The molecular formula is C13H10BrIOS. The molecule has 2 aromatic rings. The maximum Gasteiger partial charge on any atom is 0.204 e. The summed E-state index contributed by atoms with van der Waals surface area (Å²) in [5, 5.41) is 0. The van der Waals surface area contributed by atoms with Gasteiger partial charge in [-0.25, -0.2) is 0 Å². The molecule has 1 heterocycles. The first-order valence-electron chi connectivity index (χ1n) is 5.20. The molecular weight excluding hydrogens is 411 g/mol. The molecule has 0 amide bonds. The number of thiophene rings is 1. The van der Waals surface area contributed by atoms with Crippen molar-refractivity contribution in [2.45, 2.75) is 13.3 Å². The number of benzene rings is 1. The van der Waals surface area contributed by atoms with E-state index in [1.165, 1.54) is 4.88 Å². The fraction of sp³-hybridized carbons (Fsp3) is 0.154. The molecule has 0 saturated heterocycles. The van der Waals surface area contributed by atoms with Gasteiger partial charge < -0.3 is 0 Å². The second-order valence-corrected chi connectivity index (χ2v) is 6.84. The number of hydrogen-bond acceptors (Lipinski definition) is 2. The van der Waals surface area contributed by atoms with Crippen molar-refractivity contribution in [3.8, 4) is 0 Å². The van der Waals surface area contributed by atoms with E-state index in [0.717, 1.165) is 24.9 Å². The Hall–Kier alpha value is -0.200. The predicted molar refractivity (Wildman–Crippen MR) is 84.0 cm³/mol. The van der Waals surface area contributed by atoms with E-state index in [0.29, 0.717) is 0 Å². The van der Waals surface area contributed by atoms with E-state index in [-0.39, 0.29) is 5.78 Å². The van der Waals surface area contributed by atoms with E-state index < -0.39 is 0 Å². The lowest BCUT2D eigenvalue weighted by Crippen LogP contribution is -2.00. The van der Waals surface area contributed by atoms with Crippen LogP contribution in [-0.4, -0.2) is 5.78 Å². The van der Waals surface area contributed by atoms with Crippen LogP contribution in [0.25, 0.3) is 0 Å². The molecule has 4 heteroatoms. The van der Waals surface area contributed by atoms with E-state index >= 15 is 0 Å². The van der Waals surface area contributed by atoms with Crippen LogP contribution in [-0.2, 0) is 6.42 Å². The van der Waals surface area contributed by atoms with Gasteiger partial charge in [-0.3, -0.25) is 4.79 Å². The van der Waals surface area contributed by atoms with Crippen LogP contribution < -0.4 is 0 Å². The first kappa shape index (κ1) is 13.2. The fourth-order valence-corrected chi connectivity index (χ4v) is 3.31. The predicted octanol–water partition coefficient (Wildman–Crippen LogP) is 4.91. The number of ketones is 1. The quantitative estimate of drug-likeness (QED) is 0.509. The Bertz CT molecular complexity index is 562. The summed E-state index contributed by atoms with van der Waals surface area (Å²) >= 11 is 7.23. The third kappa shape index (κ3) is 2.98. The summed E-state index contributed by atoms with van der Waals surface area (Å²) < 4.78 is 1.93. The molecule has 0 atom stereocenters. The van der Waals surface area contributed by atoms with Gasteiger partial charge in [-0.05, 0) is 59.3 Å². The Morgan fingerprint density at radius 2 is 2.12 bits per heavy atom. The van der Waals surface area contributed by atoms with Crippen LogP contribution in [0.1, 0.15) is 27.0 Å². The lowest BCUT2D eigenvalue weighted by atomic mass is 10.1. The molecule has 0 aliphatic rings. The van der Waals surface area contributed by atoms with Gasteiger partial charge in [0, 0.05) is 18.5 Å². The van der Waals surface area contributed by atoms with Gasteiger partial charge in [-0.15, -0.1) is 11.3 Å². The molecule has 0 fully saturated rings. The van der Waals surface area contributed by atoms with Crippen LogP contribution >= 0.6 is 49.9 Å². The van der Waals surface area contributed by atoms with Gasteiger partial charge in [0.1, 0.15) is 0 Å². The number of aryl methyl sites for hydroxylation is 1. The van der Waals surface area contributed by atoms with Crippen LogP contribution in [0.4, 0.5) is 0 Å². The molecule has 0 N–H and O–H groups in total. The van der Waals surface area contributed by atoms with Crippen LogP contribution in [0, 0.1) is 3.57 Å². The normalized spacial score (nSPS) is 10.5. The minimum absolute atomic E-state index is 0.0973. The molecule has 0 bridgehead atoms. The molecule has 0 saturated carbocycles. The summed E-state index contributed by atoms with van der Waals surface area (Å²) in [4.78, 5) is 14.4. The zero-order chi connectivity index (χ0) is 12.4. The monoisotopic (exact) mass is 420 g/mol. The highest BCUT2D eigenvalue weighted by Gasteiger charge is 2.14. The van der Waals surface area contributed by atoms with Crippen molar-refractivity contribution in [2.75, 3.05) is 0 Å². The molecule has 1 nitrogen and oxygen atoms in total. The molecule has 2 rings (SSSR count). The number of carbonyl (C=O) groups excluding carboxylic acids is 1. The summed E-state index contributed by atoms with van der Waals surface area (Å²) in [6.45, 7) is 2.10. The maximum atomic E-state index is 12.3. The van der Waals surface area contributed by atoms with Crippen LogP contribution in [0.2, 0.25) is 0 Å². The van der Waals surface area contributed by atoms with Gasteiger partial charge in [0.25, 0.3) is 0 Å². The molecule has 88 valence electrons. The van der Waals surface area contributed by atoms with Gasteiger partial charge in [0.2, 0.25) is 5.78 Å². The second-order valence-electron chi connectivity index (χ2n) is 3.57. The van der Waals surface area contributed by atoms with Gasteiger partial charge in [0.05, 0.1) is 4.88 Å². The van der Waals surface area contributed by atoms with E-state index in [1.54, 1.807) is 11.3 Å². The Kier molecular flexibility index (Phi) is 4.38. The van der Waals surface area contributed by atoms with Crippen molar-refractivity contribution >= 4 is 55.6 Å². The zero-order valence-corrected chi connectivity index (χ0v) is 13.7. The first-order chi connectivity index (χ1) is 8.11. The van der Waals surface area contributed by atoms with Crippen molar-refractivity contribution in [2.24, 2.45) is 0 Å². The Morgan fingerprint density at radius 1 is 1.35 bits per heavy atom. The first-order valence-corrected chi connectivity index (χ1v) is 7.89. The highest BCUT2D eigenvalue weighted by molar-refractivity contribution is 14.1. The highest BCUT2D eigenvalue weighted by atomic mass is 127.